The molecule has 0 bridgehead atoms. The standard InChI is InChI=1S/C28H19ClF5N3O3/c29-19-10-12-24(35-16-19)26(15-17-5-2-1-3-6-17,37-25(38)36-21-8-4-7-20(30)14-21)18-9-11-23-22(13-18)27(31,32)40-28(33,34)39-23/h1-14,16H,15H2,(H2,36,37,38)/t26-/m1/s1. The van der Waals surface area contributed by atoms with Crippen molar-refractivity contribution in [3.05, 3.63) is 124 Å². The number of nitrogens with one attached hydrogen (secondary N) is 2. The number of carbonyl (C=O) groups is 1. The number of hydrogen-bond acceptors (Lipinski definition) is 4. The Morgan fingerprint density at radius 3 is 2.42 bits per heavy atom. The number of urea groups is 1. The molecule has 3 aromatic carbocycles. The number of benzene rings is 3. The number of carbonyl (C=O) groups excluding carboxylic acids is 1. The van der Waals surface area contributed by atoms with Crippen molar-refractivity contribution in [1.82, 2.24) is 10.3 Å². The van der Waals surface area contributed by atoms with Gasteiger partial charge in [0.2, 0.25) is 0 Å². The minimum absolute atomic E-state index is 0.0265. The number of nitrogens with zero attached hydrogens (tertiary/aromatic N) is 1. The second-order valence-corrected chi connectivity index (χ2v) is 9.35. The van der Waals surface area contributed by atoms with E-state index >= 15 is 0 Å². The van der Waals surface area contributed by atoms with E-state index in [0.717, 1.165) is 18.2 Å². The maximum Gasteiger partial charge on any atom is 0.540 e. The lowest BCUT2D eigenvalue weighted by Gasteiger charge is -2.37. The first-order valence-electron chi connectivity index (χ1n) is 11.8. The van der Waals surface area contributed by atoms with Gasteiger partial charge < -0.3 is 15.4 Å². The lowest BCUT2D eigenvalue weighted by molar-refractivity contribution is -0.461. The van der Waals surface area contributed by atoms with Gasteiger partial charge in [-0.3, -0.25) is 4.98 Å². The largest absolute Gasteiger partial charge is 0.540 e. The number of pyridine rings is 1. The van der Waals surface area contributed by atoms with Gasteiger partial charge in [-0.1, -0.05) is 54.1 Å². The summed E-state index contributed by atoms with van der Waals surface area (Å²) in [6.45, 7) is 0. The van der Waals surface area contributed by atoms with Crippen LogP contribution in [-0.2, 0) is 22.8 Å². The molecule has 2 amide bonds. The first-order chi connectivity index (χ1) is 19.0. The number of fused-ring (bicyclic) bond motifs is 1. The quantitative estimate of drug-likeness (QED) is 0.239. The van der Waals surface area contributed by atoms with Crippen molar-refractivity contribution in [3.63, 3.8) is 0 Å². The predicted octanol–water partition coefficient (Wildman–Crippen LogP) is 7.19. The fourth-order valence-corrected chi connectivity index (χ4v) is 4.55. The fourth-order valence-electron chi connectivity index (χ4n) is 4.44. The molecule has 0 spiro atoms. The van der Waals surface area contributed by atoms with Crippen LogP contribution in [0.25, 0.3) is 0 Å². The number of hydrogen-bond donors (Lipinski definition) is 2. The molecule has 0 saturated carbocycles. The molecule has 1 aliphatic rings. The van der Waals surface area contributed by atoms with E-state index in [2.05, 4.69) is 25.1 Å². The minimum atomic E-state index is -4.56. The molecule has 0 aliphatic carbocycles. The number of alkyl halides is 4. The Balaban J connectivity index is 1.67. The number of amides is 2. The minimum Gasteiger partial charge on any atom is -0.409 e. The van der Waals surface area contributed by atoms with Crippen LogP contribution in [0.4, 0.5) is 32.4 Å². The Bertz CT molecular complexity index is 1540. The third-order valence-corrected chi connectivity index (χ3v) is 6.37. The third-order valence-electron chi connectivity index (χ3n) is 6.15. The van der Waals surface area contributed by atoms with Crippen molar-refractivity contribution in [1.29, 1.82) is 0 Å². The zero-order valence-corrected chi connectivity index (χ0v) is 21.1. The molecule has 1 aliphatic heterocycles. The summed E-state index contributed by atoms with van der Waals surface area (Å²) < 4.78 is 78.6. The highest BCUT2D eigenvalue weighted by Gasteiger charge is 2.55. The number of aromatic nitrogens is 1. The molecule has 1 atom stereocenters. The SMILES string of the molecule is O=C(Nc1cccc(F)c1)N[C@](Cc1ccccc1)(c1ccc2c(c1)C(F)(F)OC(F)(F)O2)c1ccc(Cl)cn1. The van der Waals surface area contributed by atoms with Crippen molar-refractivity contribution in [2.75, 3.05) is 5.32 Å². The van der Waals surface area contributed by atoms with Crippen molar-refractivity contribution in [2.45, 2.75) is 24.4 Å². The van der Waals surface area contributed by atoms with E-state index in [1.165, 1.54) is 42.6 Å². The Hall–Kier alpha value is -4.22. The van der Waals surface area contributed by atoms with Gasteiger partial charge in [0.25, 0.3) is 0 Å². The third kappa shape index (κ3) is 5.70. The molecular weight excluding hydrogens is 557 g/mol. The number of halogens is 6. The molecule has 0 saturated heterocycles. The van der Waals surface area contributed by atoms with Gasteiger partial charge in [-0.25, -0.2) is 13.9 Å². The van der Waals surface area contributed by atoms with Crippen molar-refractivity contribution in [2.24, 2.45) is 0 Å². The van der Waals surface area contributed by atoms with Gasteiger partial charge in [0, 0.05) is 18.3 Å². The van der Waals surface area contributed by atoms with Crippen LogP contribution in [0.1, 0.15) is 22.4 Å². The summed E-state index contributed by atoms with van der Waals surface area (Å²) in [6.07, 6.45) is -7.70. The number of ether oxygens (including phenoxy) is 2. The topological polar surface area (TPSA) is 72.5 Å². The smallest absolute Gasteiger partial charge is 0.409 e. The Kier molecular flexibility index (Phi) is 7.11. The molecule has 40 heavy (non-hydrogen) atoms. The van der Waals surface area contributed by atoms with Crippen molar-refractivity contribution < 1.29 is 36.2 Å². The highest BCUT2D eigenvalue weighted by molar-refractivity contribution is 6.30. The lowest BCUT2D eigenvalue weighted by atomic mass is 9.79. The molecule has 2 heterocycles. The highest BCUT2D eigenvalue weighted by atomic mass is 35.5. The zero-order valence-electron chi connectivity index (χ0n) is 20.3. The Labute approximate surface area is 229 Å². The van der Waals surface area contributed by atoms with Gasteiger partial charge >= 0.3 is 18.4 Å². The van der Waals surface area contributed by atoms with Crippen LogP contribution < -0.4 is 15.4 Å². The van der Waals surface area contributed by atoms with E-state index in [4.69, 9.17) is 11.6 Å². The van der Waals surface area contributed by atoms with Crippen LogP contribution in [0.5, 0.6) is 5.75 Å². The molecule has 2 N–H and O–H groups in total. The molecule has 5 rings (SSSR count). The van der Waals surface area contributed by atoms with Gasteiger partial charge in [-0.15, -0.1) is 8.78 Å². The second kappa shape index (κ2) is 10.4. The summed E-state index contributed by atoms with van der Waals surface area (Å²) in [4.78, 5) is 17.7. The average molecular weight is 576 g/mol. The number of anilines is 1. The second-order valence-electron chi connectivity index (χ2n) is 8.91. The van der Waals surface area contributed by atoms with Gasteiger partial charge in [0.05, 0.1) is 16.3 Å². The summed E-state index contributed by atoms with van der Waals surface area (Å²) in [5, 5.41) is 5.59. The first kappa shape index (κ1) is 27.4. The maximum atomic E-state index is 14.8. The van der Waals surface area contributed by atoms with Crippen LogP contribution in [0.2, 0.25) is 5.02 Å². The van der Waals surface area contributed by atoms with E-state index in [9.17, 15) is 26.7 Å². The molecule has 1 aromatic heterocycles. The van der Waals surface area contributed by atoms with Crippen LogP contribution >= 0.6 is 11.6 Å². The average Bonchev–Trinajstić information content (AvgIpc) is 2.88. The van der Waals surface area contributed by atoms with E-state index in [1.807, 2.05) is 0 Å². The van der Waals surface area contributed by atoms with Gasteiger partial charge in [-0.05, 0) is 53.6 Å². The molecular formula is C28H19ClF5N3O3. The Morgan fingerprint density at radius 2 is 1.73 bits per heavy atom. The van der Waals surface area contributed by atoms with Gasteiger partial charge in [-0.2, -0.15) is 8.78 Å². The van der Waals surface area contributed by atoms with Crippen LogP contribution in [0, 0.1) is 5.82 Å². The molecule has 206 valence electrons. The van der Waals surface area contributed by atoms with E-state index in [0.29, 0.717) is 5.56 Å². The van der Waals surface area contributed by atoms with Crippen LogP contribution in [0.3, 0.4) is 0 Å². The zero-order chi connectivity index (χ0) is 28.5. The molecule has 0 unspecified atom stereocenters. The van der Waals surface area contributed by atoms with Gasteiger partial charge in [0.1, 0.15) is 17.1 Å². The van der Waals surface area contributed by atoms with E-state index in [-0.39, 0.29) is 28.4 Å². The molecule has 12 heteroatoms. The summed E-state index contributed by atoms with van der Waals surface area (Å²) in [5.41, 5.74) is -1.65. The monoisotopic (exact) mass is 575 g/mol. The van der Waals surface area contributed by atoms with Crippen LogP contribution in [0.15, 0.2) is 91.1 Å². The van der Waals surface area contributed by atoms with Crippen LogP contribution in [-0.4, -0.2) is 17.3 Å². The summed E-state index contributed by atoms with van der Waals surface area (Å²) >= 11 is 6.05. The van der Waals surface area contributed by atoms with Crippen molar-refractivity contribution in [3.8, 4) is 5.75 Å². The van der Waals surface area contributed by atoms with Gasteiger partial charge in [0.15, 0.2) is 0 Å². The summed E-state index contributed by atoms with van der Waals surface area (Å²) in [5.74, 6) is -1.40. The molecule has 0 fully saturated rings. The maximum absolute atomic E-state index is 14.8. The fraction of sp³-hybridized carbons (Fsp3) is 0.143. The van der Waals surface area contributed by atoms with E-state index < -0.39 is 41.1 Å². The van der Waals surface area contributed by atoms with E-state index in [1.54, 1.807) is 30.3 Å². The molecule has 0 radical (unpaired) electrons. The summed E-state index contributed by atoms with van der Waals surface area (Å²) in [6, 6.07) is 19.2. The summed E-state index contributed by atoms with van der Waals surface area (Å²) in [7, 11) is 0. The predicted molar refractivity (Wildman–Crippen MR) is 136 cm³/mol. The Morgan fingerprint density at radius 1 is 0.950 bits per heavy atom. The molecule has 4 aromatic rings. The highest BCUT2D eigenvalue weighted by Crippen LogP contribution is 2.48. The lowest BCUT2D eigenvalue weighted by Crippen LogP contribution is -2.51. The normalized spacial score (nSPS) is 16.6. The van der Waals surface area contributed by atoms with Crippen molar-refractivity contribution >= 4 is 23.3 Å². The molecule has 6 nitrogen and oxygen atoms in total. The first-order valence-corrected chi connectivity index (χ1v) is 12.1. The number of rotatable bonds is 6.